The summed E-state index contributed by atoms with van der Waals surface area (Å²) >= 11 is 5.75. The van der Waals surface area contributed by atoms with Crippen LogP contribution in [0.25, 0.3) is 11.3 Å². The lowest BCUT2D eigenvalue weighted by Gasteiger charge is -2.05. The summed E-state index contributed by atoms with van der Waals surface area (Å²) in [6.45, 7) is 2.02. The average Bonchev–Trinajstić information content (AvgIpc) is 2.16. The fourth-order valence-electron chi connectivity index (χ4n) is 1.43. The molecule has 0 aliphatic carbocycles. The maximum atomic E-state index is 5.75. The van der Waals surface area contributed by atoms with Gasteiger partial charge in [0, 0.05) is 11.6 Å². The molecule has 0 saturated carbocycles. The summed E-state index contributed by atoms with van der Waals surface area (Å²) in [5.74, 6) is 0.383. The Bertz CT molecular complexity index is 477. The molecular formula is C11H10ClN3. The molecule has 3 nitrogen and oxygen atoms in total. The molecule has 4 heteroatoms. The fourth-order valence-corrected chi connectivity index (χ4v) is 1.62. The standard InChI is InChI=1S/C11H10ClN3/c1-7-4-2-3-5-8(7)9-6-10(13)15-11(12)14-9/h2-6H,1H3,(H2,13,14,15). The quantitative estimate of drug-likeness (QED) is 0.751. The molecular weight excluding hydrogens is 210 g/mol. The highest BCUT2D eigenvalue weighted by atomic mass is 35.5. The first-order chi connectivity index (χ1) is 7.16. The molecule has 2 N–H and O–H groups in total. The van der Waals surface area contributed by atoms with Gasteiger partial charge in [0.1, 0.15) is 5.82 Å². The monoisotopic (exact) mass is 219 g/mol. The molecule has 0 saturated heterocycles. The van der Waals surface area contributed by atoms with E-state index in [1.165, 1.54) is 0 Å². The number of rotatable bonds is 1. The van der Waals surface area contributed by atoms with E-state index in [1.807, 2.05) is 31.2 Å². The third-order valence-corrected chi connectivity index (χ3v) is 2.31. The molecule has 0 fully saturated rings. The van der Waals surface area contributed by atoms with E-state index < -0.39 is 0 Å². The zero-order valence-electron chi connectivity index (χ0n) is 8.24. The van der Waals surface area contributed by atoms with Gasteiger partial charge in [-0.3, -0.25) is 0 Å². The van der Waals surface area contributed by atoms with Gasteiger partial charge in [0.2, 0.25) is 5.28 Å². The Morgan fingerprint density at radius 2 is 1.93 bits per heavy atom. The molecule has 2 aromatic rings. The maximum absolute atomic E-state index is 5.75. The van der Waals surface area contributed by atoms with Crippen LogP contribution >= 0.6 is 11.6 Å². The Hall–Kier alpha value is -1.61. The molecule has 2 rings (SSSR count). The predicted molar refractivity (Wildman–Crippen MR) is 61.6 cm³/mol. The Labute approximate surface area is 92.9 Å². The molecule has 1 aromatic carbocycles. The predicted octanol–water partition coefficient (Wildman–Crippen LogP) is 2.69. The number of benzene rings is 1. The minimum atomic E-state index is 0.174. The summed E-state index contributed by atoms with van der Waals surface area (Å²) in [6.07, 6.45) is 0. The molecule has 0 aliphatic rings. The number of hydrogen-bond donors (Lipinski definition) is 1. The first-order valence-electron chi connectivity index (χ1n) is 4.53. The molecule has 0 aliphatic heterocycles. The maximum Gasteiger partial charge on any atom is 0.224 e. The van der Waals surface area contributed by atoms with Crippen molar-refractivity contribution in [2.24, 2.45) is 0 Å². The third-order valence-electron chi connectivity index (χ3n) is 2.14. The molecule has 0 bridgehead atoms. The molecule has 0 unspecified atom stereocenters. The summed E-state index contributed by atoms with van der Waals surface area (Å²) in [5.41, 5.74) is 8.52. The summed E-state index contributed by atoms with van der Waals surface area (Å²) in [6, 6.07) is 9.64. The normalized spacial score (nSPS) is 10.3. The van der Waals surface area contributed by atoms with Gasteiger partial charge < -0.3 is 5.73 Å². The number of nitrogen functional groups attached to an aromatic ring is 1. The molecule has 0 atom stereocenters. The van der Waals surface area contributed by atoms with Crippen molar-refractivity contribution >= 4 is 17.4 Å². The topological polar surface area (TPSA) is 51.8 Å². The van der Waals surface area contributed by atoms with Crippen molar-refractivity contribution in [3.8, 4) is 11.3 Å². The Kier molecular flexibility index (Phi) is 2.56. The zero-order chi connectivity index (χ0) is 10.8. The molecule has 15 heavy (non-hydrogen) atoms. The number of aryl methyl sites for hydroxylation is 1. The highest BCUT2D eigenvalue weighted by molar-refractivity contribution is 6.28. The molecule has 1 heterocycles. The number of anilines is 1. The molecule has 76 valence electrons. The van der Waals surface area contributed by atoms with Gasteiger partial charge in [-0.25, -0.2) is 9.97 Å². The lowest BCUT2D eigenvalue weighted by molar-refractivity contribution is 1.18. The minimum Gasteiger partial charge on any atom is -0.384 e. The van der Waals surface area contributed by atoms with Gasteiger partial charge in [-0.2, -0.15) is 0 Å². The number of nitrogens with two attached hydrogens (primary N) is 1. The lowest BCUT2D eigenvalue weighted by Crippen LogP contribution is -1.95. The van der Waals surface area contributed by atoms with Gasteiger partial charge in [-0.05, 0) is 24.1 Å². The van der Waals surface area contributed by atoms with Gasteiger partial charge in [-0.1, -0.05) is 24.3 Å². The molecule has 0 amide bonds. The van der Waals surface area contributed by atoms with E-state index >= 15 is 0 Å². The van der Waals surface area contributed by atoms with Crippen LogP contribution in [-0.4, -0.2) is 9.97 Å². The van der Waals surface area contributed by atoms with Crippen molar-refractivity contribution in [3.05, 3.63) is 41.2 Å². The summed E-state index contributed by atoms with van der Waals surface area (Å²) in [5, 5.41) is 0.174. The van der Waals surface area contributed by atoms with Crippen LogP contribution in [0.2, 0.25) is 5.28 Å². The van der Waals surface area contributed by atoms with Crippen molar-refractivity contribution < 1.29 is 0 Å². The summed E-state index contributed by atoms with van der Waals surface area (Å²) < 4.78 is 0. The van der Waals surface area contributed by atoms with Crippen molar-refractivity contribution in [1.82, 2.24) is 9.97 Å². The number of nitrogens with zero attached hydrogens (tertiary/aromatic N) is 2. The van der Waals surface area contributed by atoms with Gasteiger partial charge in [0.15, 0.2) is 0 Å². The van der Waals surface area contributed by atoms with Crippen LogP contribution < -0.4 is 5.73 Å². The van der Waals surface area contributed by atoms with Crippen LogP contribution in [0.1, 0.15) is 5.56 Å². The zero-order valence-corrected chi connectivity index (χ0v) is 8.99. The van der Waals surface area contributed by atoms with Crippen LogP contribution in [0, 0.1) is 6.92 Å². The van der Waals surface area contributed by atoms with Crippen LogP contribution in [0.5, 0.6) is 0 Å². The van der Waals surface area contributed by atoms with Gasteiger partial charge in [0.25, 0.3) is 0 Å². The Morgan fingerprint density at radius 3 is 2.60 bits per heavy atom. The SMILES string of the molecule is Cc1ccccc1-c1cc(N)nc(Cl)n1. The van der Waals surface area contributed by atoms with E-state index in [0.717, 1.165) is 16.8 Å². The van der Waals surface area contributed by atoms with Crippen LogP contribution in [0.15, 0.2) is 30.3 Å². The van der Waals surface area contributed by atoms with E-state index in [-0.39, 0.29) is 5.28 Å². The van der Waals surface area contributed by atoms with E-state index in [1.54, 1.807) is 6.07 Å². The number of hydrogen-bond acceptors (Lipinski definition) is 3. The number of halogens is 1. The van der Waals surface area contributed by atoms with Gasteiger partial charge >= 0.3 is 0 Å². The van der Waals surface area contributed by atoms with E-state index in [9.17, 15) is 0 Å². The smallest absolute Gasteiger partial charge is 0.224 e. The van der Waals surface area contributed by atoms with Crippen molar-refractivity contribution in [1.29, 1.82) is 0 Å². The number of aromatic nitrogens is 2. The van der Waals surface area contributed by atoms with Gasteiger partial charge in [0.05, 0.1) is 5.69 Å². The highest BCUT2D eigenvalue weighted by Gasteiger charge is 2.05. The third kappa shape index (κ3) is 2.07. The largest absolute Gasteiger partial charge is 0.384 e. The first-order valence-corrected chi connectivity index (χ1v) is 4.90. The van der Waals surface area contributed by atoms with Crippen molar-refractivity contribution in [2.45, 2.75) is 6.92 Å². The molecule has 0 radical (unpaired) electrons. The summed E-state index contributed by atoms with van der Waals surface area (Å²) in [4.78, 5) is 7.96. The second-order valence-electron chi connectivity index (χ2n) is 3.26. The summed E-state index contributed by atoms with van der Waals surface area (Å²) in [7, 11) is 0. The first kappa shape index (κ1) is 9.93. The highest BCUT2D eigenvalue weighted by Crippen LogP contribution is 2.23. The Morgan fingerprint density at radius 1 is 1.20 bits per heavy atom. The Balaban J connectivity index is 2.59. The minimum absolute atomic E-state index is 0.174. The second-order valence-corrected chi connectivity index (χ2v) is 3.60. The van der Waals surface area contributed by atoms with E-state index in [0.29, 0.717) is 5.82 Å². The van der Waals surface area contributed by atoms with E-state index in [2.05, 4.69) is 9.97 Å². The second kappa shape index (κ2) is 3.87. The lowest BCUT2D eigenvalue weighted by atomic mass is 10.1. The average molecular weight is 220 g/mol. The molecule has 1 aromatic heterocycles. The van der Waals surface area contributed by atoms with Gasteiger partial charge in [-0.15, -0.1) is 0 Å². The van der Waals surface area contributed by atoms with Crippen LogP contribution in [0.3, 0.4) is 0 Å². The fraction of sp³-hybridized carbons (Fsp3) is 0.0909. The van der Waals surface area contributed by atoms with Crippen LogP contribution in [-0.2, 0) is 0 Å². The van der Waals surface area contributed by atoms with Crippen molar-refractivity contribution in [3.63, 3.8) is 0 Å². The van der Waals surface area contributed by atoms with Crippen molar-refractivity contribution in [2.75, 3.05) is 5.73 Å². The van der Waals surface area contributed by atoms with E-state index in [4.69, 9.17) is 17.3 Å². The molecule has 0 spiro atoms. The van der Waals surface area contributed by atoms with Crippen LogP contribution in [0.4, 0.5) is 5.82 Å².